The smallest absolute Gasteiger partial charge is 0.251 e. The van der Waals surface area contributed by atoms with E-state index in [0.717, 1.165) is 19.3 Å². The highest BCUT2D eigenvalue weighted by molar-refractivity contribution is 7.89. The van der Waals surface area contributed by atoms with Gasteiger partial charge in [0.1, 0.15) is 12.4 Å². The number of nitrogens with one attached hydrogen (secondary N) is 1. The second kappa shape index (κ2) is 11.7. The fourth-order valence-corrected chi connectivity index (χ4v) is 7.10. The van der Waals surface area contributed by atoms with Crippen LogP contribution in [0.1, 0.15) is 29.6 Å². The van der Waals surface area contributed by atoms with Crippen LogP contribution in [0.2, 0.25) is 0 Å². The molecule has 0 bridgehead atoms. The van der Waals surface area contributed by atoms with Crippen molar-refractivity contribution in [2.24, 2.45) is 0 Å². The van der Waals surface area contributed by atoms with Gasteiger partial charge in [0.05, 0.1) is 29.5 Å². The highest BCUT2D eigenvalue weighted by Crippen LogP contribution is 2.22. The molecule has 4 rings (SSSR count). The van der Waals surface area contributed by atoms with Gasteiger partial charge in [0, 0.05) is 31.7 Å². The van der Waals surface area contributed by atoms with Crippen LogP contribution in [0.25, 0.3) is 0 Å². The highest BCUT2D eigenvalue weighted by atomic mass is 32.2. The van der Waals surface area contributed by atoms with E-state index in [1.807, 2.05) is 0 Å². The fourth-order valence-electron chi connectivity index (χ4n) is 4.13. The van der Waals surface area contributed by atoms with Crippen LogP contribution in [0.4, 0.5) is 0 Å². The van der Waals surface area contributed by atoms with Crippen molar-refractivity contribution in [1.82, 2.24) is 13.9 Å². The second-order valence-corrected chi connectivity index (χ2v) is 12.5. The molecule has 2 aliphatic rings. The molecule has 2 fully saturated rings. The summed E-state index contributed by atoms with van der Waals surface area (Å²) in [7, 11) is -7.20. The van der Waals surface area contributed by atoms with Crippen molar-refractivity contribution < 1.29 is 31.1 Å². The monoisotopic (exact) mass is 537 g/mol. The number of rotatable bonds is 9. The molecule has 0 atom stereocenters. The molecule has 0 aromatic heterocycles. The number of hydrogen-bond acceptors (Lipinski definition) is 7. The minimum Gasteiger partial charge on any atom is -0.492 e. The largest absolute Gasteiger partial charge is 0.492 e. The van der Waals surface area contributed by atoms with Crippen molar-refractivity contribution in [3.05, 3.63) is 54.1 Å². The number of morpholine rings is 1. The predicted octanol–water partition coefficient (Wildman–Crippen LogP) is 1.69. The second-order valence-electron chi connectivity index (χ2n) is 8.58. The summed E-state index contributed by atoms with van der Waals surface area (Å²) in [5.74, 6) is 0.0704. The van der Waals surface area contributed by atoms with Gasteiger partial charge in [-0.15, -0.1) is 0 Å². The first-order chi connectivity index (χ1) is 17.3. The van der Waals surface area contributed by atoms with Gasteiger partial charge in [-0.3, -0.25) is 4.79 Å². The zero-order chi connectivity index (χ0) is 25.6. The number of hydrogen-bond donors (Lipinski definition) is 1. The number of piperidine rings is 1. The maximum Gasteiger partial charge on any atom is 0.251 e. The topological polar surface area (TPSA) is 122 Å². The molecule has 0 spiro atoms. The van der Waals surface area contributed by atoms with Crippen LogP contribution in [-0.4, -0.2) is 83.9 Å². The van der Waals surface area contributed by atoms with Gasteiger partial charge < -0.3 is 14.8 Å². The number of carbonyl (C=O) groups is 1. The number of benzene rings is 2. The molecule has 2 heterocycles. The van der Waals surface area contributed by atoms with E-state index in [1.165, 1.54) is 32.9 Å². The van der Waals surface area contributed by atoms with Crippen LogP contribution in [-0.2, 0) is 24.8 Å². The van der Waals surface area contributed by atoms with Crippen LogP contribution in [0.3, 0.4) is 0 Å². The van der Waals surface area contributed by atoms with E-state index in [4.69, 9.17) is 9.47 Å². The molecule has 196 valence electrons. The van der Waals surface area contributed by atoms with Gasteiger partial charge in [0.2, 0.25) is 20.0 Å². The third-order valence-electron chi connectivity index (χ3n) is 6.14. The molecule has 36 heavy (non-hydrogen) atoms. The summed E-state index contributed by atoms with van der Waals surface area (Å²) >= 11 is 0. The van der Waals surface area contributed by atoms with E-state index >= 15 is 0 Å². The first-order valence-corrected chi connectivity index (χ1v) is 14.9. The Hall–Kier alpha value is -2.51. The first-order valence-electron chi connectivity index (χ1n) is 12.0. The van der Waals surface area contributed by atoms with Gasteiger partial charge in [-0.2, -0.15) is 8.61 Å². The quantitative estimate of drug-likeness (QED) is 0.483. The van der Waals surface area contributed by atoms with Crippen molar-refractivity contribution in [1.29, 1.82) is 0 Å². The molecule has 12 heteroatoms. The third kappa shape index (κ3) is 6.24. The van der Waals surface area contributed by atoms with Gasteiger partial charge in [-0.1, -0.05) is 12.5 Å². The Balaban J connectivity index is 1.28. The van der Waals surface area contributed by atoms with E-state index in [1.54, 1.807) is 24.3 Å². The SMILES string of the molecule is O=C(NCCOc1ccc(S(=O)(=O)N2CCOCC2)cc1)c1cccc(S(=O)(=O)N2CCCCC2)c1. The molecule has 0 unspecified atom stereocenters. The van der Waals surface area contributed by atoms with Crippen LogP contribution in [0, 0.1) is 0 Å². The Kier molecular flexibility index (Phi) is 8.62. The lowest BCUT2D eigenvalue weighted by Crippen LogP contribution is -2.40. The van der Waals surface area contributed by atoms with Gasteiger partial charge in [-0.25, -0.2) is 16.8 Å². The van der Waals surface area contributed by atoms with Crippen LogP contribution < -0.4 is 10.1 Å². The molecule has 10 nitrogen and oxygen atoms in total. The zero-order valence-electron chi connectivity index (χ0n) is 20.0. The number of nitrogens with zero attached hydrogens (tertiary/aromatic N) is 2. The van der Waals surface area contributed by atoms with Gasteiger partial charge in [0.25, 0.3) is 5.91 Å². The normalized spacial score (nSPS) is 18.0. The molecule has 2 aromatic rings. The van der Waals surface area contributed by atoms with Gasteiger partial charge in [0.15, 0.2) is 0 Å². The molecular formula is C24H31N3O7S2. The molecule has 2 aromatic carbocycles. The van der Waals surface area contributed by atoms with Crippen molar-refractivity contribution >= 4 is 26.0 Å². The summed E-state index contributed by atoms with van der Waals surface area (Å²) in [5.41, 5.74) is 0.255. The molecule has 0 aliphatic carbocycles. The average Bonchev–Trinajstić information content (AvgIpc) is 2.92. The fraction of sp³-hybridized carbons (Fsp3) is 0.458. The van der Waals surface area contributed by atoms with Crippen LogP contribution in [0.5, 0.6) is 5.75 Å². The van der Waals surface area contributed by atoms with E-state index in [9.17, 15) is 21.6 Å². The van der Waals surface area contributed by atoms with Crippen molar-refractivity contribution in [3.63, 3.8) is 0 Å². The number of amides is 1. The predicted molar refractivity (Wildman–Crippen MR) is 133 cm³/mol. The summed E-state index contributed by atoms with van der Waals surface area (Å²) in [6.07, 6.45) is 2.70. The molecule has 2 saturated heterocycles. The first kappa shape index (κ1) is 26.6. The summed E-state index contributed by atoms with van der Waals surface area (Å²) in [6.45, 7) is 2.76. The molecule has 0 radical (unpaired) electrons. The number of ether oxygens (including phenoxy) is 2. The summed E-state index contributed by atoms with van der Waals surface area (Å²) in [5, 5.41) is 2.72. The van der Waals surface area contributed by atoms with Crippen molar-refractivity contribution in [3.8, 4) is 5.75 Å². The zero-order valence-corrected chi connectivity index (χ0v) is 21.6. The molecule has 2 aliphatic heterocycles. The third-order valence-corrected chi connectivity index (χ3v) is 9.94. The Morgan fingerprint density at radius 3 is 2.17 bits per heavy atom. The van der Waals surface area contributed by atoms with Gasteiger partial charge in [-0.05, 0) is 55.3 Å². The Bertz CT molecular complexity index is 1250. The molecule has 0 saturated carbocycles. The molecule has 1 amide bonds. The lowest BCUT2D eigenvalue weighted by Gasteiger charge is -2.26. The van der Waals surface area contributed by atoms with Crippen LogP contribution >= 0.6 is 0 Å². The van der Waals surface area contributed by atoms with E-state index in [0.29, 0.717) is 45.1 Å². The lowest BCUT2D eigenvalue weighted by molar-refractivity contribution is 0.0730. The van der Waals surface area contributed by atoms with Crippen molar-refractivity contribution in [2.75, 3.05) is 52.5 Å². The summed E-state index contributed by atoms with van der Waals surface area (Å²) in [6, 6.07) is 12.2. The number of sulfonamides is 2. The maximum atomic E-state index is 12.9. The minimum atomic E-state index is -3.62. The highest BCUT2D eigenvalue weighted by Gasteiger charge is 2.27. The molecule has 1 N–H and O–H groups in total. The Morgan fingerprint density at radius 1 is 0.833 bits per heavy atom. The molecular weight excluding hydrogens is 506 g/mol. The van der Waals surface area contributed by atoms with E-state index in [-0.39, 0.29) is 28.5 Å². The average molecular weight is 538 g/mol. The Labute approximate surface area is 212 Å². The lowest BCUT2D eigenvalue weighted by atomic mass is 10.2. The van der Waals surface area contributed by atoms with Crippen molar-refractivity contribution in [2.45, 2.75) is 29.1 Å². The Morgan fingerprint density at radius 2 is 1.47 bits per heavy atom. The van der Waals surface area contributed by atoms with E-state index < -0.39 is 26.0 Å². The number of carbonyl (C=O) groups excluding carboxylic acids is 1. The van der Waals surface area contributed by atoms with E-state index in [2.05, 4.69) is 5.32 Å². The van der Waals surface area contributed by atoms with Gasteiger partial charge >= 0.3 is 0 Å². The van der Waals surface area contributed by atoms with Crippen LogP contribution in [0.15, 0.2) is 58.3 Å². The summed E-state index contributed by atoms with van der Waals surface area (Å²) < 4.78 is 64.8. The maximum absolute atomic E-state index is 12.9. The standard InChI is InChI=1S/C24H31N3O7S2/c28-24(20-5-4-6-23(19-20)36(31,32)26-12-2-1-3-13-26)25-11-16-34-21-7-9-22(10-8-21)35(29,30)27-14-17-33-18-15-27/h4-10,19H,1-3,11-18H2,(H,25,28). The summed E-state index contributed by atoms with van der Waals surface area (Å²) in [4.78, 5) is 12.9. The minimum absolute atomic E-state index is 0.112.